The molecule has 2 rings (SSSR count). The van der Waals surface area contributed by atoms with Crippen molar-refractivity contribution in [3.05, 3.63) is 53.3 Å². The molecule has 1 aromatic carbocycles. The first kappa shape index (κ1) is 14.9. The van der Waals surface area contributed by atoms with Gasteiger partial charge < -0.3 is 5.32 Å². The largest absolute Gasteiger partial charge is 0.322 e. The number of nitrogens with one attached hydrogen (secondary N) is 1. The number of hydrogen-bond acceptors (Lipinski definition) is 3. The quantitative estimate of drug-likeness (QED) is 0.681. The smallest absolute Gasteiger partial charge is 0.237 e. The van der Waals surface area contributed by atoms with E-state index >= 15 is 0 Å². The second-order valence-electron chi connectivity index (χ2n) is 4.40. The molecule has 104 valence electrons. The maximum absolute atomic E-state index is 12.1. The van der Waals surface area contributed by atoms with Crippen LogP contribution in [0.5, 0.6) is 0 Å². The number of aromatic nitrogens is 1. The fourth-order valence-corrected chi connectivity index (χ4v) is 2.62. The molecule has 0 unspecified atom stereocenters. The van der Waals surface area contributed by atoms with Crippen LogP contribution < -0.4 is 5.32 Å². The predicted molar refractivity (Wildman–Crippen MR) is 84.4 cm³/mol. The lowest BCUT2D eigenvalue weighted by atomic mass is 10.2. The Balaban J connectivity index is 1.99. The van der Waals surface area contributed by atoms with Gasteiger partial charge in [-0.2, -0.15) is 0 Å². The number of aryl methyl sites for hydroxylation is 1. The Hall–Kier alpha value is -1.52. The number of amides is 1. The minimum absolute atomic E-state index is 0.0922. The molecular formula is C15H15ClN2OS. The van der Waals surface area contributed by atoms with Gasteiger partial charge in [0.1, 0.15) is 0 Å². The van der Waals surface area contributed by atoms with Gasteiger partial charge in [-0.15, -0.1) is 11.8 Å². The highest BCUT2D eigenvalue weighted by atomic mass is 35.5. The van der Waals surface area contributed by atoms with E-state index in [1.54, 1.807) is 18.3 Å². The van der Waals surface area contributed by atoms with Crippen molar-refractivity contribution in [3.63, 3.8) is 0 Å². The lowest BCUT2D eigenvalue weighted by Gasteiger charge is -2.12. The molecule has 2 aromatic rings. The summed E-state index contributed by atoms with van der Waals surface area (Å²) in [5.74, 6) is -0.0922. The number of hydrogen-bond donors (Lipinski definition) is 1. The molecule has 1 N–H and O–H groups in total. The van der Waals surface area contributed by atoms with Gasteiger partial charge in [-0.1, -0.05) is 29.3 Å². The molecule has 5 heteroatoms. The molecule has 1 amide bonds. The average molecular weight is 307 g/mol. The fourth-order valence-electron chi connectivity index (χ4n) is 1.59. The lowest BCUT2D eigenvalue weighted by molar-refractivity contribution is -0.115. The second-order valence-corrected chi connectivity index (χ2v) is 6.18. The number of anilines is 1. The summed E-state index contributed by atoms with van der Waals surface area (Å²) in [4.78, 5) is 17.1. The summed E-state index contributed by atoms with van der Waals surface area (Å²) >= 11 is 7.43. The van der Waals surface area contributed by atoms with Crippen LogP contribution in [0.15, 0.2) is 47.5 Å². The summed E-state index contributed by atoms with van der Waals surface area (Å²) < 4.78 is 0. The Morgan fingerprint density at radius 3 is 2.65 bits per heavy atom. The van der Waals surface area contributed by atoms with E-state index in [1.807, 2.05) is 38.1 Å². The molecule has 20 heavy (non-hydrogen) atoms. The molecule has 0 aliphatic heterocycles. The van der Waals surface area contributed by atoms with Gasteiger partial charge in [0.2, 0.25) is 5.91 Å². The molecule has 0 saturated heterocycles. The van der Waals surface area contributed by atoms with Gasteiger partial charge >= 0.3 is 0 Å². The summed E-state index contributed by atoms with van der Waals surface area (Å²) in [7, 11) is 0. The summed E-state index contributed by atoms with van der Waals surface area (Å²) in [6, 6.07) is 11.6. The van der Waals surface area contributed by atoms with Crippen molar-refractivity contribution in [3.8, 4) is 0 Å². The predicted octanol–water partition coefficient (Wildman–Crippen LogP) is 4.16. The number of carbonyl (C=O) groups excluding carboxylic acids is 1. The number of benzene rings is 1. The Morgan fingerprint density at radius 1 is 1.30 bits per heavy atom. The number of thioether (sulfide) groups is 1. The number of carbonyl (C=O) groups is 1. The molecule has 0 aliphatic rings. The Labute approximate surface area is 127 Å². The molecule has 0 saturated carbocycles. The van der Waals surface area contributed by atoms with Gasteiger partial charge in [0.25, 0.3) is 0 Å². The molecule has 3 nitrogen and oxygen atoms in total. The first-order chi connectivity index (χ1) is 9.56. The van der Waals surface area contributed by atoms with Gasteiger partial charge in [0, 0.05) is 11.1 Å². The van der Waals surface area contributed by atoms with Crippen molar-refractivity contribution in [2.75, 3.05) is 5.32 Å². The molecular weight excluding hydrogens is 292 g/mol. The molecule has 1 aromatic heterocycles. The zero-order valence-electron chi connectivity index (χ0n) is 11.3. The van der Waals surface area contributed by atoms with Crippen LogP contribution >= 0.6 is 23.4 Å². The van der Waals surface area contributed by atoms with Crippen LogP contribution in [0.2, 0.25) is 5.15 Å². The third-order valence-corrected chi connectivity index (χ3v) is 4.13. The topological polar surface area (TPSA) is 42.0 Å². The van der Waals surface area contributed by atoms with Crippen LogP contribution in [-0.4, -0.2) is 16.1 Å². The Bertz CT molecular complexity index is 601. The van der Waals surface area contributed by atoms with Crippen molar-refractivity contribution < 1.29 is 4.79 Å². The van der Waals surface area contributed by atoms with Crippen molar-refractivity contribution in [1.82, 2.24) is 4.98 Å². The maximum Gasteiger partial charge on any atom is 0.237 e. The highest BCUT2D eigenvalue weighted by Crippen LogP contribution is 2.25. The molecule has 0 fully saturated rings. The zero-order chi connectivity index (χ0) is 14.5. The van der Waals surface area contributed by atoms with Gasteiger partial charge in [-0.3, -0.25) is 4.79 Å². The van der Waals surface area contributed by atoms with E-state index in [4.69, 9.17) is 11.6 Å². The highest BCUT2D eigenvalue weighted by Gasteiger charge is 2.15. The van der Waals surface area contributed by atoms with Gasteiger partial charge in [-0.25, -0.2) is 4.98 Å². The van der Waals surface area contributed by atoms with Crippen LogP contribution in [0.3, 0.4) is 0 Å². The third-order valence-electron chi connectivity index (χ3n) is 2.72. The van der Waals surface area contributed by atoms with E-state index in [-0.39, 0.29) is 11.2 Å². The number of halogens is 1. The van der Waals surface area contributed by atoms with E-state index in [0.717, 1.165) is 4.90 Å². The molecule has 0 radical (unpaired) electrons. The van der Waals surface area contributed by atoms with Crippen molar-refractivity contribution in [1.29, 1.82) is 0 Å². The minimum atomic E-state index is -0.214. The summed E-state index contributed by atoms with van der Waals surface area (Å²) in [5.41, 5.74) is 1.74. The average Bonchev–Trinajstić information content (AvgIpc) is 2.44. The van der Waals surface area contributed by atoms with Crippen LogP contribution in [0.1, 0.15) is 12.5 Å². The fraction of sp³-hybridized carbons (Fsp3) is 0.200. The normalized spacial score (nSPS) is 11.9. The van der Waals surface area contributed by atoms with Crippen LogP contribution in [0, 0.1) is 6.92 Å². The Kier molecular flexibility index (Phi) is 5.04. The molecule has 0 spiro atoms. The van der Waals surface area contributed by atoms with Gasteiger partial charge in [-0.05, 0) is 38.1 Å². The van der Waals surface area contributed by atoms with E-state index < -0.39 is 0 Å². The zero-order valence-corrected chi connectivity index (χ0v) is 12.8. The van der Waals surface area contributed by atoms with Crippen LogP contribution in [0.4, 0.5) is 5.69 Å². The molecule has 1 heterocycles. The standard InChI is InChI=1S/C15H15ClN2OS/c1-10-5-7-12(8-6-10)20-11(2)15(19)18-13-4-3-9-17-14(13)16/h3-9,11H,1-2H3,(H,18,19)/t11-/m1/s1. The Morgan fingerprint density at radius 2 is 2.00 bits per heavy atom. The van der Waals surface area contributed by atoms with E-state index in [2.05, 4.69) is 10.3 Å². The highest BCUT2D eigenvalue weighted by molar-refractivity contribution is 8.00. The lowest BCUT2D eigenvalue weighted by Crippen LogP contribution is -2.22. The number of nitrogens with zero attached hydrogens (tertiary/aromatic N) is 1. The first-order valence-corrected chi connectivity index (χ1v) is 7.47. The third kappa shape index (κ3) is 3.99. The minimum Gasteiger partial charge on any atom is -0.322 e. The summed E-state index contributed by atoms with van der Waals surface area (Å²) in [6.45, 7) is 3.90. The van der Waals surface area contributed by atoms with Gasteiger partial charge in [0.15, 0.2) is 5.15 Å². The molecule has 0 bridgehead atoms. The SMILES string of the molecule is Cc1ccc(S[C@H](C)C(=O)Nc2cccnc2Cl)cc1. The summed E-state index contributed by atoms with van der Waals surface area (Å²) in [5, 5.41) is 2.87. The van der Waals surface area contributed by atoms with Crippen LogP contribution in [-0.2, 0) is 4.79 Å². The molecule has 0 aliphatic carbocycles. The van der Waals surface area contributed by atoms with Crippen molar-refractivity contribution in [2.24, 2.45) is 0 Å². The van der Waals surface area contributed by atoms with E-state index in [9.17, 15) is 4.79 Å². The summed E-state index contributed by atoms with van der Waals surface area (Å²) in [6.07, 6.45) is 1.59. The maximum atomic E-state index is 12.1. The molecule has 1 atom stereocenters. The van der Waals surface area contributed by atoms with Crippen LogP contribution in [0.25, 0.3) is 0 Å². The number of rotatable bonds is 4. The number of pyridine rings is 1. The van der Waals surface area contributed by atoms with Crippen molar-refractivity contribution in [2.45, 2.75) is 24.0 Å². The first-order valence-electron chi connectivity index (χ1n) is 6.21. The van der Waals surface area contributed by atoms with E-state index in [1.165, 1.54) is 17.3 Å². The monoisotopic (exact) mass is 306 g/mol. The van der Waals surface area contributed by atoms with Crippen molar-refractivity contribution >= 4 is 35.0 Å². The van der Waals surface area contributed by atoms with Gasteiger partial charge in [0.05, 0.1) is 10.9 Å². The second kappa shape index (κ2) is 6.77. The van der Waals surface area contributed by atoms with E-state index in [0.29, 0.717) is 10.8 Å².